The Labute approximate surface area is 98.3 Å². The molecule has 0 amide bonds. The van der Waals surface area contributed by atoms with Crippen molar-refractivity contribution >= 4 is 6.29 Å². The lowest BCUT2D eigenvalue weighted by molar-refractivity contribution is -0.115. The van der Waals surface area contributed by atoms with Gasteiger partial charge in [0.2, 0.25) is 0 Å². The minimum absolute atomic E-state index is 0.245. The highest BCUT2D eigenvalue weighted by atomic mass is 16.1. The minimum atomic E-state index is -0.245. The van der Waals surface area contributed by atoms with Crippen LogP contribution in [-0.4, -0.2) is 31.3 Å². The van der Waals surface area contributed by atoms with Crippen molar-refractivity contribution in [1.82, 2.24) is 4.90 Å². The standard InChI is InChI=1S/C14H21NO/c1-14(2,12-16)11-15(3)10-9-13-7-5-4-6-8-13/h4-8,12H,9-11H2,1-3H3. The fourth-order valence-electron chi connectivity index (χ4n) is 1.78. The number of carbonyl (C=O) groups excluding carboxylic acids is 1. The first-order valence-corrected chi connectivity index (χ1v) is 5.72. The van der Waals surface area contributed by atoms with E-state index in [-0.39, 0.29) is 5.41 Å². The third kappa shape index (κ3) is 4.58. The lowest BCUT2D eigenvalue weighted by Gasteiger charge is -2.25. The van der Waals surface area contributed by atoms with Crippen LogP contribution in [0, 0.1) is 5.41 Å². The summed E-state index contributed by atoms with van der Waals surface area (Å²) in [6.45, 7) is 5.74. The summed E-state index contributed by atoms with van der Waals surface area (Å²) in [7, 11) is 2.06. The number of rotatable bonds is 6. The molecule has 1 aromatic carbocycles. The number of aldehydes is 1. The fraction of sp³-hybridized carbons (Fsp3) is 0.500. The van der Waals surface area contributed by atoms with Crippen LogP contribution in [0.2, 0.25) is 0 Å². The van der Waals surface area contributed by atoms with Gasteiger partial charge in [-0.05, 0) is 19.0 Å². The number of carbonyl (C=O) groups is 1. The van der Waals surface area contributed by atoms with Gasteiger partial charge in [-0.25, -0.2) is 0 Å². The smallest absolute Gasteiger partial charge is 0.126 e. The van der Waals surface area contributed by atoms with Gasteiger partial charge in [-0.15, -0.1) is 0 Å². The molecule has 1 rings (SSSR count). The van der Waals surface area contributed by atoms with Crippen LogP contribution >= 0.6 is 0 Å². The van der Waals surface area contributed by atoms with Crippen molar-refractivity contribution in [2.45, 2.75) is 20.3 Å². The van der Waals surface area contributed by atoms with Gasteiger partial charge in [0.05, 0.1) is 0 Å². The molecule has 0 bridgehead atoms. The first-order valence-electron chi connectivity index (χ1n) is 5.72. The third-order valence-electron chi connectivity index (χ3n) is 2.62. The van der Waals surface area contributed by atoms with E-state index in [0.29, 0.717) is 0 Å². The minimum Gasteiger partial charge on any atom is -0.305 e. The highest BCUT2D eigenvalue weighted by Crippen LogP contribution is 2.12. The molecule has 0 unspecified atom stereocenters. The molecule has 0 atom stereocenters. The van der Waals surface area contributed by atoms with Crippen LogP contribution in [0.3, 0.4) is 0 Å². The average molecular weight is 219 g/mol. The van der Waals surface area contributed by atoms with E-state index in [2.05, 4.69) is 36.2 Å². The number of benzene rings is 1. The second kappa shape index (κ2) is 5.80. The average Bonchev–Trinajstić information content (AvgIpc) is 2.27. The van der Waals surface area contributed by atoms with Crippen molar-refractivity contribution in [3.63, 3.8) is 0 Å². The van der Waals surface area contributed by atoms with Gasteiger partial charge in [0.1, 0.15) is 6.29 Å². The van der Waals surface area contributed by atoms with Gasteiger partial charge in [0, 0.05) is 18.5 Å². The first kappa shape index (κ1) is 12.9. The lowest BCUT2D eigenvalue weighted by Crippen LogP contribution is -2.33. The van der Waals surface area contributed by atoms with Crippen molar-refractivity contribution < 1.29 is 4.79 Å². The number of hydrogen-bond donors (Lipinski definition) is 0. The van der Waals surface area contributed by atoms with E-state index in [1.807, 2.05) is 19.9 Å². The van der Waals surface area contributed by atoms with Gasteiger partial charge < -0.3 is 9.69 Å². The second-order valence-electron chi connectivity index (χ2n) is 5.08. The van der Waals surface area contributed by atoms with Crippen molar-refractivity contribution in [1.29, 1.82) is 0 Å². The molecule has 0 spiro atoms. The van der Waals surface area contributed by atoms with Gasteiger partial charge in [-0.2, -0.15) is 0 Å². The van der Waals surface area contributed by atoms with E-state index in [1.165, 1.54) is 5.56 Å². The predicted octanol–water partition coefficient (Wildman–Crippen LogP) is 2.39. The Morgan fingerprint density at radius 2 is 1.88 bits per heavy atom. The monoisotopic (exact) mass is 219 g/mol. The zero-order valence-corrected chi connectivity index (χ0v) is 10.4. The van der Waals surface area contributed by atoms with Crippen molar-refractivity contribution in [3.8, 4) is 0 Å². The molecule has 1 aromatic rings. The van der Waals surface area contributed by atoms with Gasteiger partial charge in [-0.1, -0.05) is 44.2 Å². The maximum Gasteiger partial charge on any atom is 0.126 e. The highest BCUT2D eigenvalue weighted by molar-refractivity contribution is 5.58. The molecule has 0 fully saturated rings. The Hall–Kier alpha value is -1.15. The predicted molar refractivity (Wildman–Crippen MR) is 67.5 cm³/mol. The van der Waals surface area contributed by atoms with Gasteiger partial charge in [0.15, 0.2) is 0 Å². The third-order valence-corrected chi connectivity index (χ3v) is 2.62. The largest absolute Gasteiger partial charge is 0.305 e. The normalized spacial score (nSPS) is 11.8. The zero-order valence-electron chi connectivity index (χ0n) is 10.4. The van der Waals surface area contributed by atoms with E-state index in [4.69, 9.17) is 0 Å². The Morgan fingerprint density at radius 3 is 2.44 bits per heavy atom. The van der Waals surface area contributed by atoms with Crippen molar-refractivity contribution in [2.75, 3.05) is 20.1 Å². The summed E-state index contributed by atoms with van der Waals surface area (Å²) in [5, 5.41) is 0. The molecule has 2 heteroatoms. The van der Waals surface area contributed by atoms with Gasteiger partial charge in [-0.3, -0.25) is 0 Å². The molecule has 2 nitrogen and oxygen atoms in total. The van der Waals surface area contributed by atoms with Gasteiger partial charge in [0.25, 0.3) is 0 Å². The van der Waals surface area contributed by atoms with Crippen molar-refractivity contribution in [2.24, 2.45) is 5.41 Å². The molecule has 0 aliphatic carbocycles. The SMILES string of the molecule is CN(CCc1ccccc1)CC(C)(C)C=O. The molecule has 0 heterocycles. The quantitative estimate of drug-likeness (QED) is 0.685. The molecule has 0 N–H and O–H groups in total. The lowest BCUT2D eigenvalue weighted by atomic mass is 9.95. The number of likely N-dealkylation sites (N-methyl/N-ethyl adjacent to an activating group) is 1. The van der Waals surface area contributed by atoms with Crippen LogP contribution in [0.4, 0.5) is 0 Å². The molecule has 0 aliphatic heterocycles. The van der Waals surface area contributed by atoms with E-state index in [9.17, 15) is 4.79 Å². The number of hydrogen-bond acceptors (Lipinski definition) is 2. The van der Waals surface area contributed by atoms with Crippen LogP contribution < -0.4 is 0 Å². The molecule has 0 radical (unpaired) electrons. The molecule has 88 valence electrons. The molecule has 0 saturated carbocycles. The maximum absolute atomic E-state index is 10.8. The zero-order chi connectivity index (χ0) is 12.0. The highest BCUT2D eigenvalue weighted by Gasteiger charge is 2.18. The van der Waals surface area contributed by atoms with Gasteiger partial charge >= 0.3 is 0 Å². The van der Waals surface area contributed by atoms with Crippen LogP contribution in [0.5, 0.6) is 0 Å². The molecule has 0 saturated heterocycles. The Balaban J connectivity index is 2.36. The van der Waals surface area contributed by atoms with Crippen LogP contribution in [0.1, 0.15) is 19.4 Å². The molecular weight excluding hydrogens is 198 g/mol. The number of nitrogens with zero attached hydrogens (tertiary/aromatic N) is 1. The van der Waals surface area contributed by atoms with Crippen LogP contribution in [0.25, 0.3) is 0 Å². The molecule has 0 aliphatic rings. The summed E-state index contributed by atoms with van der Waals surface area (Å²) in [5.41, 5.74) is 1.10. The molecular formula is C14H21NO. The Kier molecular flexibility index (Phi) is 4.69. The molecule has 0 aromatic heterocycles. The summed E-state index contributed by atoms with van der Waals surface area (Å²) < 4.78 is 0. The second-order valence-corrected chi connectivity index (χ2v) is 5.08. The summed E-state index contributed by atoms with van der Waals surface area (Å²) in [6, 6.07) is 10.4. The van der Waals surface area contributed by atoms with E-state index in [0.717, 1.165) is 25.8 Å². The summed E-state index contributed by atoms with van der Waals surface area (Å²) in [6.07, 6.45) is 2.07. The maximum atomic E-state index is 10.8. The summed E-state index contributed by atoms with van der Waals surface area (Å²) in [5.74, 6) is 0. The summed E-state index contributed by atoms with van der Waals surface area (Å²) >= 11 is 0. The van der Waals surface area contributed by atoms with Crippen molar-refractivity contribution in [3.05, 3.63) is 35.9 Å². The van der Waals surface area contributed by atoms with E-state index >= 15 is 0 Å². The first-order chi connectivity index (χ1) is 7.53. The fourth-order valence-corrected chi connectivity index (χ4v) is 1.78. The van der Waals surface area contributed by atoms with Crippen LogP contribution in [-0.2, 0) is 11.2 Å². The topological polar surface area (TPSA) is 20.3 Å². The Bertz CT molecular complexity index is 319. The van der Waals surface area contributed by atoms with E-state index in [1.54, 1.807) is 0 Å². The van der Waals surface area contributed by atoms with E-state index < -0.39 is 0 Å². The molecule has 16 heavy (non-hydrogen) atoms. The Morgan fingerprint density at radius 1 is 1.25 bits per heavy atom. The summed E-state index contributed by atoms with van der Waals surface area (Å²) in [4.78, 5) is 13.0. The van der Waals surface area contributed by atoms with Crippen LogP contribution in [0.15, 0.2) is 30.3 Å².